The Kier molecular flexibility index (Phi) is 5.81. The van der Waals surface area contributed by atoms with Crippen LogP contribution < -0.4 is 4.74 Å². The van der Waals surface area contributed by atoms with Gasteiger partial charge in [0.25, 0.3) is 0 Å². The number of alkyl halides is 3. The van der Waals surface area contributed by atoms with E-state index in [2.05, 4.69) is 32.6 Å². The van der Waals surface area contributed by atoms with Crippen molar-refractivity contribution in [2.45, 2.75) is 13.1 Å². The molecule has 0 saturated carbocycles. The van der Waals surface area contributed by atoms with E-state index in [0.29, 0.717) is 11.3 Å². The van der Waals surface area contributed by atoms with Crippen molar-refractivity contribution in [3.63, 3.8) is 0 Å². The molecule has 2 aromatic rings. The summed E-state index contributed by atoms with van der Waals surface area (Å²) in [5, 5.41) is 3.53. The maximum atomic E-state index is 12.5. The Morgan fingerprint density at radius 1 is 1.12 bits per heavy atom. The van der Waals surface area contributed by atoms with E-state index >= 15 is 0 Å². The molecule has 0 spiro atoms. The maximum Gasteiger partial charge on any atom is 0.416 e. The molecule has 0 saturated heterocycles. The van der Waals surface area contributed by atoms with E-state index < -0.39 is 17.7 Å². The molecule has 2 aromatic carbocycles. The fourth-order valence-electron chi connectivity index (χ4n) is 1.69. The number of hydrogen-bond acceptors (Lipinski definition) is 4. The van der Waals surface area contributed by atoms with Crippen LogP contribution in [0.4, 0.5) is 13.2 Å². The summed E-state index contributed by atoms with van der Waals surface area (Å²) in [4.78, 5) is 15.2. The van der Waals surface area contributed by atoms with Crippen LogP contribution in [0.25, 0.3) is 0 Å². The fourth-order valence-corrected chi connectivity index (χ4v) is 2.16. The molecule has 0 aliphatic carbocycles. The SMILES string of the molecule is CC(=O)ON=Cc1cc(Oc2ccc(C(F)(F)F)cc2)ccc1I. The van der Waals surface area contributed by atoms with Crippen LogP contribution in [0, 0.1) is 3.57 Å². The number of benzene rings is 2. The quantitative estimate of drug-likeness (QED) is 0.286. The van der Waals surface area contributed by atoms with Gasteiger partial charge in [0.05, 0.1) is 11.8 Å². The van der Waals surface area contributed by atoms with Crippen LogP contribution in [0.5, 0.6) is 11.5 Å². The topological polar surface area (TPSA) is 47.9 Å². The highest BCUT2D eigenvalue weighted by Crippen LogP contribution is 2.31. The third-order valence-electron chi connectivity index (χ3n) is 2.76. The lowest BCUT2D eigenvalue weighted by Crippen LogP contribution is -2.04. The molecule has 0 aliphatic heterocycles. The van der Waals surface area contributed by atoms with Crippen LogP contribution in [-0.2, 0) is 15.8 Å². The molecule has 0 N–H and O–H groups in total. The third kappa shape index (κ3) is 5.22. The number of rotatable bonds is 4. The number of carbonyl (C=O) groups excluding carboxylic acids is 1. The first-order chi connectivity index (χ1) is 11.3. The van der Waals surface area contributed by atoms with Gasteiger partial charge in [-0.1, -0.05) is 5.16 Å². The molecule has 8 heteroatoms. The van der Waals surface area contributed by atoms with Gasteiger partial charge < -0.3 is 9.57 Å². The molecule has 2 rings (SSSR count). The average Bonchev–Trinajstić information content (AvgIpc) is 2.50. The minimum Gasteiger partial charge on any atom is -0.457 e. The Balaban J connectivity index is 2.15. The van der Waals surface area contributed by atoms with E-state index in [0.717, 1.165) is 15.7 Å². The predicted molar refractivity (Wildman–Crippen MR) is 90.0 cm³/mol. The van der Waals surface area contributed by atoms with E-state index in [-0.39, 0.29) is 5.75 Å². The molecule has 0 bridgehead atoms. The standard InChI is InChI=1S/C16H11F3INO3/c1-10(22)24-21-9-11-8-14(6-7-15(11)20)23-13-4-2-12(3-5-13)16(17,18)19/h2-9H,1H3. The van der Waals surface area contributed by atoms with Crippen LogP contribution >= 0.6 is 22.6 Å². The smallest absolute Gasteiger partial charge is 0.416 e. The lowest BCUT2D eigenvalue weighted by molar-refractivity contribution is -0.141. The molecule has 0 aliphatic rings. The first kappa shape index (κ1) is 18.2. The highest BCUT2D eigenvalue weighted by Gasteiger charge is 2.30. The summed E-state index contributed by atoms with van der Waals surface area (Å²) < 4.78 is 43.9. The van der Waals surface area contributed by atoms with Crippen LogP contribution in [0.15, 0.2) is 47.6 Å². The van der Waals surface area contributed by atoms with Crippen molar-refractivity contribution >= 4 is 34.8 Å². The molecule has 0 atom stereocenters. The van der Waals surface area contributed by atoms with Gasteiger partial charge in [0.15, 0.2) is 0 Å². The summed E-state index contributed by atoms with van der Waals surface area (Å²) in [5.41, 5.74) is -0.104. The summed E-state index contributed by atoms with van der Waals surface area (Å²) in [7, 11) is 0. The van der Waals surface area contributed by atoms with Crippen molar-refractivity contribution in [3.05, 3.63) is 57.2 Å². The predicted octanol–water partition coefficient (Wildman–Crippen LogP) is 5.00. The highest BCUT2D eigenvalue weighted by molar-refractivity contribution is 14.1. The van der Waals surface area contributed by atoms with Crippen LogP contribution in [0.2, 0.25) is 0 Å². The second kappa shape index (κ2) is 7.65. The molecule has 0 heterocycles. The zero-order valence-electron chi connectivity index (χ0n) is 12.3. The van der Waals surface area contributed by atoms with E-state index in [4.69, 9.17) is 4.74 Å². The van der Waals surface area contributed by atoms with Crippen molar-refractivity contribution in [2.24, 2.45) is 5.16 Å². The summed E-state index contributed by atoms with van der Waals surface area (Å²) >= 11 is 2.07. The molecule has 24 heavy (non-hydrogen) atoms. The van der Waals surface area contributed by atoms with Crippen molar-refractivity contribution in [1.29, 1.82) is 0 Å². The van der Waals surface area contributed by atoms with Gasteiger partial charge in [-0.15, -0.1) is 0 Å². The van der Waals surface area contributed by atoms with Crippen LogP contribution in [-0.4, -0.2) is 12.2 Å². The summed E-state index contributed by atoms with van der Waals surface area (Å²) in [6, 6.07) is 9.43. The van der Waals surface area contributed by atoms with E-state index in [9.17, 15) is 18.0 Å². The lowest BCUT2D eigenvalue weighted by atomic mass is 10.2. The number of hydrogen-bond donors (Lipinski definition) is 0. The second-order valence-corrected chi connectivity index (χ2v) is 5.79. The van der Waals surface area contributed by atoms with Crippen molar-refractivity contribution in [3.8, 4) is 11.5 Å². The molecule has 0 fully saturated rings. The lowest BCUT2D eigenvalue weighted by Gasteiger charge is -2.10. The molecule has 126 valence electrons. The van der Waals surface area contributed by atoms with Crippen molar-refractivity contribution in [1.82, 2.24) is 0 Å². The monoisotopic (exact) mass is 449 g/mol. The van der Waals surface area contributed by atoms with Gasteiger partial charge in [0.2, 0.25) is 0 Å². The minimum absolute atomic E-state index is 0.270. The van der Waals surface area contributed by atoms with Gasteiger partial charge in [0.1, 0.15) is 11.5 Å². The fraction of sp³-hybridized carbons (Fsp3) is 0.125. The van der Waals surface area contributed by atoms with Gasteiger partial charge in [-0.3, -0.25) is 0 Å². The van der Waals surface area contributed by atoms with Gasteiger partial charge in [0, 0.05) is 16.1 Å². The summed E-state index contributed by atoms with van der Waals surface area (Å²) in [6.07, 6.45) is -3.04. The van der Waals surface area contributed by atoms with Crippen molar-refractivity contribution < 1.29 is 27.5 Å². The summed E-state index contributed by atoms with van der Waals surface area (Å²) in [5.74, 6) is 0.143. The first-order valence-electron chi connectivity index (χ1n) is 6.61. The number of nitrogens with zero attached hydrogens (tertiary/aromatic N) is 1. The van der Waals surface area contributed by atoms with E-state index in [1.165, 1.54) is 25.3 Å². The van der Waals surface area contributed by atoms with Crippen LogP contribution in [0.1, 0.15) is 18.1 Å². The van der Waals surface area contributed by atoms with Gasteiger partial charge in [-0.05, 0) is 65.1 Å². The third-order valence-corrected chi connectivity index (χ3v) is 3.74. The van der Waals surface area contributed by atoms with Gasteiger partial charge in [-0.2, -0.15) is 13.2 Å². The number of ether oxygens (including phenoxy) is 1. The normalized spacial score (nSPS) is 11.5. The zero-order chi connectivity index (χ0) is 17.7. The van der Waals surface area contributed by atoms with Crippen LogP contribution in [0.3, 0.4) is 0 Å². The second-order valence-electron chi connectivity index (χ2n) is 4.62. The molecular formula is C16H11F3INO3. The van der Waals surface area contributed by atoms with E-state index in [1.54, 1.807) is 18.2 Å². The number of carbonyl (C=O) groups is 1. The molecule has 0 amide bonds. The average molecular weight is 449 g/mol. The first-order valence-corrected chi connectivity index (χ1v) is 7.69. The number of halogens is 4. The number of oxime groups is 1. The summed E-state index contributed by atoms with van der Waals surface area (Å²) in [6.45, 7) is 1.23. The molecule has 0 unspecified atom stereocenters. The van der Waals surface area contributed by atoms with Gasteiger partial charge in [-0.25, -0.2) is 4.79 Å². The Morgan fingerprint density at radius 2 is 1.75 bits per heavy atom. The largest absolute Gasteiger partial charge is 0.457 e. The minimum atomic E-state index is -4.39. The molecule has 0 aromatic heterocycles. The Morgan fingerprint density at radius 3 is 2.33 bits per heavy atom. The molecule has 4 nitrogen and oxygen atoms in total. The molecular weight excluding hydrogens is 438 g/mol. The van der Waals surface area contributed by atoms with Crippen molar-refractivity contribution in [2.75, 3.05) is 0 Å². The zero-order valence-corrected chi connectivity index (χ0v) is 14.5. The Hall–Kier alpha value is -2.10. The Labute approximate surface area is 149 Å². The molecule has 0 radical (unpaired) electrons. The Bertz CT molecular complexity index is 758. The highest BCUT2D eigenvalue weighted by atomic mass is 127. The van der Waals surface area contributed by atoms with Gasteiger partial charge >= 0.3 is 12.1 Å². The maximum absolute atomic E-state index is 12.5. The van der Waals surface area contributed by atoms with E-state index in [1.807, 2.05) is 0 Å².